The quantitative estimate of drug-likeness (QED) is 0.503. The summed E-state index contributed by atoms with van der Waals surface area (Å²) < 4.78 is 25.4. The third kappa shape index (κ3) is 5.86. The second-order valence-electron chi connectivity index (χ2n) is 10.1. The molecule has 0 bridgehead atoms. The molecule has 0 aliphatic carbocycles. The summed E-state index contributed by atoms with van der Waals surface area (Å²) in [6, 6.07) is 12.6. The Labute approximate surface area is 199 Å². The predicted molar refractivity (Wildman–Crippen MR) is 130 cm³/mol. The van der Waals surface area contributed by atoms with Gasteiger partial charge in [0.2, 0.25) is 5.95 Å². The summed E-state index contributed by atoms with van der Waals surface area (Å²) in [7, 11) is 0. The molecule has 1 amide bonds. The molecule has 1 aliphatic heterocycles. The van der Waals surface area contributed by atoms with Gasteiger partial charge in [0, 0.05) is 6.54 Å². The Balaban J connectivity index is 1.48. The van der Waals surface area contributed by atoms with Crippen molar-refractivity contribution in [3.8, 4) is 0 Å². The molecule has 0 saturated carbocycles. The van der Waals surface area contributed by atoms with E-state index in [0.717, 1.165) is 5.56 Å². The molecule has 2 N–H and O–H groups in total. The van der Waals surface area contributed by atoms with Gasteiger partial charge in [-0.05, 0) is 56.0 Å². The third-order valence-electron chi connectivity index (χ3n) is 5.79. The summed E-state index contributed by atoms with van der Waals surface area (Å²) in [4.78, 5) is 22.0. The lowest BCUT2D eigenvalue weighted by Crippen LogP contribution is -2.36. The van der Waals surface area contributed by atoms with Crippen LogP contribution in [0.15, 0.2) is 42.5 Å². The second kappa shape index (κ2) is 9.62. The van der Waals surface area contributed by atoms with Gasteiger partial charge < -0.3 is 24.7 Å². The maximum absolute atomic E-state index is 13.6. The van der Waals surface area contributed by atoms with Crippen molar-refractivity contribution >= 4 is 23.1 Å². The van der Waals surface area contributed by atoms with Crippen LogP contribution in [0.5, 0.6) is 0 Å². The van der Waals surface area contributed by atoms with Gasteiger partial charge >= 0.3 is 6.09 Å². The minimum atomic E-state index is -0.583. The summed E-state index contributed by atoms with van der Waals surface area (Å²) in [6.07, 6.45) is -0.652. The first-order valence-electron chi connectivity index (χ1n) is 11.7. The monoisotopic (exact) mass is 468 g/mol. The van der Waals surface area contributed by atoms with Crippen molar-refractivity contribution in [3.63, 3.8) is 0 Å². The van der Waals surface area contributed by atoms with Crippen molar-refractivity contribution in [3.05, 3.63) is 59.4 Å². The maximum atomic E-state index is 13.6. The van der Waals surface area contributed by atoms with Crippen LogP contribution in [0.1, 0.15) is 51.7 Å². The SMILES string of the molecule is CC(C)c1ccc(CO[C@H]2CN(C(=O)OC(C)(C)C)C[C@@H]2Nc2nc3ccc(F)cc3[nH]2)cc1. The van der Waals surface area contributed by atoms with E-state index in [1.807, 2.05) is 20.8 Å². The number of imidazole rings is 1. The molecule has 3 aromatic rings. The van der Waals surface area contributed by atoms with Crippen LogP contribution < -0.4 is 5.32 Å². The molecular weight excluding hydrogens is 435 g/mol. The highest BCUT2D eigenvalue weighted by Crippen LogP contribution is 2.23. The molecule has 0 unspecified atom stereocenters. The van der Waals surface area contributed by atoms with Crippen molar-refractivity contribution in [2.45, 2.75) is 64.9 Å². The highest BCUT2D eigenvalue weighted by molar-refractivity contribution is 5.77. The van der Waals surface area contributed by atoms with E-state index in [0.29, 0.717) is 42.6 Å². The molecule has 2 heterocycles. The number of carbonyl (C=O) groups excluding carboxylic acids is 1. The lowest BCUT2D eigenvalue weighted by molar-refractivity contribution is 0.0177. The smallest absolute Gasteiger partial charge is 0.410 e. The number of rotatable bonds is 6. The first-order chi connectivity index (χ1) is 16.1. The van der Waals surface area contributed by atoms with Crippen molar-refractivity contribution in [2.75, 3.05) is 18.4 Å². The van der Waals surface area contributed by atoms with Gasteiger partial charge in [0.1, 0.15) is 11.4 Å². The van der Waals surface area contributed by atoms with E-state index >= 15 is 0 Å². The van der Waals surface area contributed by atoms with Gasteiger partial charge in [-0.3, -0.25) is 0 Å². The fourth-order valence-corrected chi connectivity index (χ4v) is 3.98. The number of likely N-dealkylation sites (tertiary alicyclic amines) is 1. The average molecular weight is 469 g/mol. The van der Waals surface area contributed by atoms with Crippen molar-refractivity contribution in [1.29, 1.82) is 0 Å². The number of aromatic amines is 1. The van der Waals surface area contributed by atoms with Crippen LogP contribution in [-0.2, 0) is 16.1 Å². The Hall–Kier alpha value is -3.13. The highest BCUT2D eigenvalue weighted by atomic mass is 19.1. The van der Waals surface area contributed by atoms with E-state index in [4.69, 9.17) is 9.47 Å². The number of H-pyrrole nitrogens is 1. The highest BCUT2D eigenvalue weighted by Gasteiger charge is 2.38. The topological polar surface area (TPSA) is 79.5 Å². The first kappa shape index (κ1) is 24.0. The predicted octanol–water partition coefficient (Wildman–Crippen LogP) is 5.44. The van der Waals surface area contributed by atoms with Crippen molar-refractivity contribution in [1.82, 2.24) is 14.9 Å². The molecule has 2 aromatic carbocycles. The standard InChI is InChI=1S/C26H33FN4O3/c1-16(2)18-8-6-17(7-9-18)15-33-23-14-31(25(32)34-26(3,4)5)13-22(23)30-24-28-20-11-10-19(27)12-21(20)29-24/h6-12,16,22-23H,13-15H2,1-5H3,(H2,28,29,30)/t22-,23-/m0/s1. The summed E-state index contributed by atoms with van der Waals surface area (Å²) in [5, 5.41) is 3.34. The van der Waals surface area contributed by atoms with Crippen LogP contribution in [0.2, 0.25) is 0 Å². The number of carbonyl (C=O) groups is 1. The van der Waals surface area contributed by atoms with Gasteiger partial charge in [-0.1, -0.05) is 38.1 Å². The Bertz CT molecular complexity index is 1140. The van der Waals surface area contributed by atoms with Gasteiger partial charge in [-0.25, -0.2) is 14.2 Å². The van der Waals surface area contributed by atoms with Gasteiger partial charge in [0.05, 0.1) is 36.3 Å². The van der Waals surface area contributed by atoms with E-state index in [1.54, 1.807) is 11.0 Å². The zero-order chi connectivity index (χ0) is 24.5. The number of amides is 1. The van der Waals surface area contributed by atoms with Gasteiger partial charge in [-0.2, -0.15) is 0 Å². The van der Waals surface area contributed by atoms with Crippen molar-refractivity contribution in [2.24, 2.45) is 0 Å². The van der Waals surface area contributed by atoms with Crippen LogP contribution in [0.3, 0.4) is 0 Å². The molecule has 0 spiro atoms. The van der Waals surface area contributed by atoms with Crippen LogP contribution >= 0.6 is 0 Å². The summed E-state index contributed by atoms with van der Waals surface area (Å²) in [5.41, 5.74) is 3.03. The van der Waals surface area contributed by atoms with Crippen LogP contribution in [0.25, 0.3) is 11.0 Å². The number of fused-ring (bicyclic) bond motifs is 1. The molecule has 7 nitrogen and oxygen atoms in total. The van der Waals surface area contributed by atoms with Crippen LogP contribution in [0, 0.1) is 5.82 Å². The number of anilines is 1. The van der Waals surface area contributed by atoms with E-state index in [-0.39, 0.29) is 24.1 Å². The number of hydrogen-bond acceptors (Lipinski definition) is 5. The summed E-state index contributed by atoms with van der Waals surface area (Å²) in [5.74, 6) is 0.647. The molecule has 1 aromatic heterocycles. The molecule has 34 heavy (non-hydrogen) atoms. The minimum Gasteiger partial charge on any atom is -0.444 e. The number of aromatic nitrogens is 2. The van der Waals surface area contributed by atoms with E-state index in [1.165, 1.54) is 17.7 Å². The van der Waals surface area contributed by atoms with Crippen molar-refractivity contribution < 1.29 is 18.7 Å². The van der Waals surface area contributed by atoms with E-state index < -0.39 is 5.60 Å². The first-order valence-corrected chi connectivity index (χ1v) is 11.7. The third-order valence-corrected chi connectivity index (χ3v) is 5.79. The summed E-state index contributed by atoms with van der Waals surface area (Å²) in [6.45, 7) is 11.1. The molecule has 8 heteroatoms. The van der Waals surface area contributed by atoms with Crippen LogP contribution in [0.4, 0.5) is 15.1 Å². The maximum Gasteiger partial charge on any atom is 0.410 e. The number of nitrogens with zero attached hydrogens (tertiary/aromatic N) is 2. The van der Waals surface area contributed by atoms with Gasteiger partial charge in [0.15, 0.2) is 0 Å². The molecule has 4 rings (SSSR count). The minimum absolute atomic E-state index is 0.215. The molecule has 1 fully saturated rings. The van der Waals surface area contributed by atoms with Gasteiger partial charge in [-0.15, -0.1) is 0 Å². The molecule has 2 atom stereocenters. The molecule has 182 valence electrons. The number of benzene rings is 2. The van der Waals surface area contributed by atoms with E-state index in [2.05, 4.69) is 53.4 Å². The Morgan fingerprint density at radius 1 is 1.21 bits per heavy atom. The second-order valence-corrected chi connectivity index (χ2v) is 10.1. The Morgan fingerprint density at radius 3 is 2.62 bits per heavy atom. The zero-order valence-electron chi connectivity index (χ0n) is 20.4. The number of halogens is 1. The lowest BCUT2D eigenvalue weighted by Gasteiger charge is -2.24. The average Bonchev–Trinajstić information content (AvgIpc) is 3.34. The number of ether oxygens (including phenoxy) is 2. The lowest BCUT2D eigenvalue weighted by atomic mass is 10.0. The fourth-order valence-electron chi connectivity index (χ4n) is 3.98. The molecule has 1 aliphatic rings. The molecular formula is C26H33FN4O3. The molecule has 1 saturated heterocycles. The Kier molecular flexibility index (Phi) is 6.79. The molecule has 0 radical (unpaired) electrons. The van der Waals surface area contributed by atoms with E-state index in [9.17, 15) is 9.18 Å². The summed E-state index contributed by atoms with van der Waals surface area (Å²) >= 11 is 0. The largest absolute Gasteiger partial charge is 0.444 e. The fraction of sp³-hybridized carbons (Fsp3) is 0.462. The van der Waals surface area contributed by atoms with Crippen LogP contribution in [-0.4, -0.2) is 51.8 Å². The van der Waals surface area contributed by atoms with Gasteiger partial charge in [0.25, 0.3) is 0 Å². The number of hydrogen-bond donors (Lipinski definition) is 2. The number of nitrogens with one attached hydrogen (secondary N) is 2. The normalized spacial score (nSPS) is 18.6. The Morgan fingerprint density at radius 2 is 1.94 bits per heavy atom. The zero-order valence-corrected chi connectivity index (χ0v) is 20.4.